The molecule has 0 spiro atoms. The van der Waals surface area contributed by atoms with Crippen molar-refractivity contribution in [2.45, 2.75) is 45.9 Å². The minimum Gasteiger partial charge on any atom is -0.445 e. The van der Waals surface area contributed by atoms with Gasteiger partial charge in [0, 0.05) is 0 Å². The van der Waals surface area contributed by atoms with Crippen LogP contribution in [0.3, 0.4) is 0 Å². The molecule has 6 heteroatoms. The number of carboxylic acid groups (broad SMARTS) is 1. The summed E-state index contributed by atoms with van der Waals surface area (Å²) in [4.78, 5) is 25.9. The van der Waals surface area contributed by atoms with E-state index in [2.05, 4.69) is 0 Å². The molecule has 1 aliphatic rings. The normalized spacial score (nSPS) is 24.5. The van der Waals surface area contributed by atoms with Gasteiger partial charge >= 0.3 is 12.2 Å². The molecule has 6 nitrogen and oxygen atoms in total. The quantitative estimate of drug-likeness (QED) is 0.842. The van der Waals surface area contributed by atoms with Crippen LogP contribution in [0.1, 0.15) is 33.3 Å². The molecule has 1 saturated heterocycles. The van der Waals surface area contributed by atoms with Gasteiger partial charge in [0.2, 0.25) is 0 Å². The van der Waals surface area contributed by atoms with Gasteiger partial charge in [-0.3, -0.25) is 4.90 Å². The number of ether oxygens (including phenoxy) is 1. The molecule has 2 amide bonds. The highest BCUT2D eigenvalue weighted by molar-refractivity contribution is 5.68. The molecule has 1 heterocycles. The number of quaternary nitrogens is 1. The Bertz CT molecular complexity index is 597. The first kappa shape index (κ1) is 18.3. The molecule has 1 aromatic rings. The van der Waals surface area contributed by atoms with Crippen LogP contribution in [0.2, 0.25) is 0 Å². The maximum Gasteiger partial charge on any atom is 0.514 e. The Morgan fingerprint density at radius 2 is 1.92 bits per heavy atom. The molecule has 24 heavy (non-hydrogen) atoms. The van der Waals surface area contributed by atoms with Gasteiger partial charge in [0.05, 0.1) is 12.6 Å². The molecule has 0 bridgehead atoms. The van der Waals surface area contributed by atoms with Crippen LogP contribution >= 0.6 is 0 Å². The topological polar surface area (TPSA) is 66.8 Å². The zero-order valence-electron chi connectivity index (χ0n) is 14.9. The maximum atomic E-state index is 12.4. The Labute approximate surface area is 143 Å². The Balaban J connectivity index is 2.02. The smallest absolute Gasteiger partial charge is 0.445 e. The predicted molar refractivity (Wildman–Crippen MR) is 90.6 cm³/mol. The molecule has 2 rings (SSSR count). The molecule has 1 aliphatic heterocycles. The second kappa shape index (κ2) is 6.81. The number of rotatable bonds is 2. The maximum absolute atomic E-state index is 12.4. The third-order valence-electron chi connectivity index (χ3n) is 4.92. The van der Waals surface area contributed by atoms with E-state index in [4.69, 9.17) is 4.74 Å². The average molecular weight is 335 g/mol. The molecule has 2 atom stereocenters. The number of piperazine rings is 1. The number of hydrogen-bond acceptors (Lipinski definition) is 3. The Kier molecular flexibility index (Phi) is 5.18. The molecule has 132 valence electrons. The van der Waals surface area contributed by atoms with Gasteiger partial charge in [-0.1, -0.05) is 30.3 Å². The largest absolute Gasteiger partial charge is 0.514 e. The van der Waals surface area contributed by atoms with Crippen molar-refractivity contribution in [2.75, 3.05) is 19.6 Å². The van der Waals surface area contributed by atoms with Crippen LogP contribution < -0.4 is 0 Å². The first-order valence-corrected chi connectivity index (χ1v) is 8.25. The molecule has 0 aromatic heterocycles. The van der Waals surface area contributed by atoms with Gasteiger partial charge in [-0.2, -0.15) is 4.79 Å². The van der Waals surface area contributed by atoms with Crippen LogP contribution in [0, 0.1) is 0 Å². The van der Waals surface area contributed by atoms with Crippen molar-refractivity contribution in [3.8, 4) is 0 Å². The van der Waals surface area contributed by atoms with Crippen molar-refractivity contribution >= 4 is 12.2 Å². The van der Waals surface area contributed by atoms with Crippen LogP contribution in [0.25, 0.3) is 0 Å². The molecule has 1 N–H and O–H groups in total. The first-order chi connectivity index (χ1) is 11.2. The minimum absolute atomic E-state index is 0.0450. The summed E-state index contributed by atoms with van der Waals surface area (Å²) < 4.78 is 5.34. The summed E-state index contributed by atoms with van der Waals surface area (Å²) in [7, 11) is 0. The van der Waals surface area contributed by atoms with Crippen molar-refractivity contribution in [3.63, 3.8) is 0 Å². The van der Waals surface area contributed by atoms with Gasteiger partial charge in [-0.05, 0) is 33.3 Å². The van der Waals surface area contributed by atoms with Crippen molar-refractivity contribution in [1.82, 2.24) is 4.90 Å². The second-order valence-corrected chi connectivity index (χ2v) is 7.41. The molecular formula is C18H27N2O4+. The number of nitrogens with zero attached hydrogens (tertiary/aromatic N) is 2. The van der Waals surface area contributed by atoms with E-state index in [-0.39, 0.29) is 23.2 Å². The number of carbonyl (C=O) groups is 2. The fourth-order valence-electron chi connectivity index (χ4n) is 3.28. The van der Waals surface area contributed by atoms with Crippen molar-refractivity contribution in [3.05, 3.63) is 35.9 Å². The average Bonchev–Trinajstić information content (AvgIpc) is 2.52. The zero-order chi connectivity index (χ0) is 18.0. The highest BCUT2D eigenvalue weighted by Crippen LogP contribution is 2.30. The summed E-state index contributed by atoms with van der Waals surface area (Å²) >= 11 is 0. The van der Waals surface area contributed by atoms with Crippen LogP contribution in [0.5, 0.6) is 0 Å². The van der Waals surface area contributed by atoms with Crippen molar-refractivity contribution in [2.24, 2.45) is 0 Å². The number of carbonyl (C=O) groups excluding carboxylic acids is 1. The van der Waals surface area contributed by atoms with Gasteiger partial charge in [0.15, 0.2) is 0 Å². The van der Waals surface area contributed by atoms with E-state index in [0.717, 1.165) is 5.56 Å². The number of benzene rings is 1. The van der Waals surface area contributed by atoms with Gasteiger partial charge in [0.1, 0.15) is 25.2 Å². The number of hydrogen-bond donors (Lipinski definition) is 1. The second-order valence-electron chi connectivity index (χ2n) is 7.41. The van der Waals surface area contributed by atoms with Crippen molar-refractivity contribution < 1.29 is 23.9 Å². The third kappa shape index (κ3) is 3.53. The molecule has 1 fully saturated rings. The van der Waals surface area contributed by atoms with E-state index >= 15 is 0 Å². The molecule has 0 radical (unpaired) electrons. The number of amides is 2. The highest BCUT2D eigenvalue weighted by atomic mass is 16.6. The minimum atomic E-state index is -0.841. The third-order valence-corrected chi connectivity index (χ3v) is 4.92. The van der Waals surface area contributed by atoms with Crippen LogP contribution in [0.4, 0.5) is 9.59 Å². The fourth-order valence-corrected chi connectivity index (χ4v) is 3.28. The lowest BCUT2D eigenvalue weighted by atomic mass is 9.98. The monoisotopic (exact) mass is 335 g/mol. The molecule has 1 aromatic carbocycles. The summed E-state index contributed by atoms with van der Waals surface area (Å²) in [5, 5.41) is 9.76. The highest BCUT2D eigenvalue weighted by Gasteiger charge is 2.52. The Morgan fingerprint density at radius 1 is 1.29 bits per heavy atom. The standard InChI is InChI=1S/C18H26N2O4/c1-14-12-20(17(22)23,18(2,3)4)11-10-19(14)16(21)24-13-15-8-6-5-7-9-15/h5-9,14H,10-13H2,1-4H3/p+1/t14?,20-/m0/s1. The van der Waals surface area contributed by atoms with E-state index < -0.39 is 11.6 Å². The first-order valence-electron chi connectivity index (χ1n) is 8.25. The predicted octanol–water partition coefficient (Wildman–Crippen LogP) is 3.32. The molecule has 0 aliphatic carbocycles. The van der Waals surface area contributed by atoms with E-state index in [1.54, 1.807) is 4.90 Å². The van der Waals surface area contributed by atoms with Gasteiger partial charge in [-0.15, -0.1) is 0 Å². The van der Waals surface area contributed by atoms with Gasteiger partial charge < -0.3 is 9.84 Å². The summed E-state index contributed by atoms with van der Waals surface area (Å²) in [6.45, 7) is 9.01. The summed E-state index contributed by atoms with van der Waals surface area (Å²) in [5.74, 6) is 0. The molecular weight excluding hydrogens is 308 g/mol. The van der Waals surface area contributed by atoms with E-state index in [9.17, 15) is 14.7 Å². The van der Waals surface area contributed by atoms with Crippen LogP contribution in [0.15, 0.2) is 30.3 Å². The Hall–Kier alpha value is -2.08. The SMILES string of the molecule is CC1C[N@@+](C(=O)O)(C(C)(C)C)CCN1C(=O)OCc1ccccc1. The lowest BCUT2D eigenvalue weighted by molar-refractivity contribution is -0.909. The lowest BCUT2D eigenvalue weighted by Crippen LogP contribution is -2.72. The zero-order valence-corrected chi connectivity index (χ0v) is 14.9. The Morgan fingerprint density at radius 3 is 2.42 bits per heavy atom. The van der Waals surface area contributed by atoms with Crippen LogP contribution in [-0.2, 0) is 11.3 Å². The molecule has 0 saturated carbocycles. The van der Waals surface area contributed by atoms with E-state index in [1.165, 1.54) is 0 Å². The van der Waals surface area contributed by atoms with Crippen molar-refractivity contribution in [1.29, 1.82) is 0 Å². The van der Waals surface area contributed by atoms with Gasteiger partial charge in [-0.25, -0.2) is 9.28 Å². The summed E-state index contributed by atoms with van der Waals surface area (Å²) in [6, 6.07) is 9.31. The fraction of sp³-hybridized carbons (Fsp3) is 0.556. The summed E-state index contributed by atoms with van der Waals surface area (Å²) in [6.07, 6.45) is -1.23. The van der Waals surface area contributed by atoms with Crippen LogP contribution in [-0.4, -0.2) is 57.9 Å². The van der Waals surface area contributed by atoms with E-state index in [0.29, 0.717) is 19.6 Å². The van der Waals surface area contributed by atoms with E-state index in [1.807, 2.05) is 58.0 Å². The summed E-state index contributed by atoms with van der Waals surface area (Å²) in [5.41, 5.74) is 0.501. The lowest BCUT2D eigenvalue weighted by Gasteiger charge is -2.50. The van der Waals surface area contributed by atoms with Gasteiger partial charge in [0.25, 0.3) is 0 Å². The molecule has 1 unspecified atom stereocenters.